The van der Waals surface area contributed by atoms with Gasteiger partial charge in [0.25, 0.3) is 5.91 Å². The predicted molar refractivity (Wildman–Crippen MR) is 78.0 cm³/mol. The zero-order valence-corrected chi connectivity index (χ0v) is 12.9. The van der Waals surface area contributed by atoms with Gasteiger partial charge in [-0.2, -0.15) is 0 Å². The normalized spacial score (nSPS) is 22.1. The molecule has 21 heavy (non-hydrogen) atoms. The molecular formula is C14H16BrFN2O3. The van der Waals surface area contributed by atoms with Crippen molar-refractivity contribution in [2.75, 3.05) is 13.1 Å². The maximum Gasteiger partial charge on any atom is 0.255 e. The van der Waals surface area contributed by atoms with Crippen LogP contribution in [0.25, 0.3) is 0 Å². The number of piperidine rings is 1. The molecule has 1 aliphatic rings. The maximum absolute atomic E-state index is 13.1. The SMILES string of the molecule is NC(=O)CC1(O)CCCN(C(=O)c2ccc(F)cc2Br)C1. The van der Waals surface area contributed by atoms with Crippen molar-refractivity contribution in [3.05, 3.63) is 34.1 Å². The number of likely N-dealkylation sites (tertiary alicyclic amines) is 1. The van der Waals surface area contributed by atoms with Crippen molar-refractivity contribution >= 4 is 27.7 Å². The Hall–Kier alpha value is -1.47. The van der Waals surface area contributed by atoms with Crippen LogP contribution in [0.5, 0.6) is 0 Å². The van der Waals surface area contributed by atoms with Gasteiger partial charge in [0, 0.05) is 11.0 Å². The number of nitrogens with zero attached hydrogens (tertiary/aromatic N) is 1. The number of rotatable bonds is 3. The third-order valence-corrected chi connectivity index (χ3v) is 4.16. The van der Waals surface area contributed by atoms with E-state index in [1.807, 2.05) is 0 Å². The number of hydrogen-bond donors (Lipinski definition) is 2. The van der Waals surface area contributed by atoms with Gasteiger partial charge in [-0.3, -0.25) is 9.59 Å². The predicted octanol–water partition coefficient (Wildman–Crippen LogP) is 1.43. The van der Waals surface area contributed by atoms with Crippen LogP contribution < -0.4 is 5.73 Å². The number of primary amides is 1. The van der Waals surface area contributed by atoms with Crippen LogP contribution in [-0.2, 0) is 4.79 Å². The Morgan fingerprint density at radius 1 is 1.48 bits per heavy atom. The number of β-amino-alcohol motifs (C(OH)–C–C–N with tert-alkyl or cyclic N) is 1. The van der Waals surface area contributed by atoms with Gasteiger partial charge >= 0.3 is 0 Å². The second-order valence-electron chi connectivity index (χ2n) is 5.32. The molecule has 0 radical (unpaired) electrons. The van der Waals surface area contributed by atoms with Crippen molar-refractivity contribution in [3.63, 3.8) is 0 Å². The van der Waals surface area contributed by atoms with Crippen LogP contribution in [0.4, 0.5) is 4.39 Å². The van der Waals surface area contributed by atoms with Crippen LogP contribution in [0.15, 0.2) is 22.7 Å². The van der Waals surface area contributed by atoms with E-state index in [-0.39, 0.29) is 18.9 Å². The summed E-state index contributed by atoms with van der Waals surface area (Å²) in [6.07, 6.45) is 0.819. The largest absolute Gasteiger partial charge is 0.388 e. The summed E-state index contributed by atoms with van der Waals surface area (Å²) >= 11 is 3.16. The minimum atomic E-state index is -1.29. The minimum Gasteiger partial charge on any atom is -0.388 e. The monoisotopic (exact) mass is 358 g/mol. The van der Waals surface area contributed by atoms with Crippen molar-refractivity contribution in [2.24, 2.45) is 5.73 Å². The quantitative estimate of drug-likeness (QED) is 0.857. The zero-order chi connectivity index (χ0) is 15.6. The highest BCUT2D eigenvalue weighted by atomic mass is 79.9. The Morgan fingerprint density at radius 3 is 2.81 bits per heavy atom. The summed E-state index contributed by atoms with van der Waals surface area (Å²) in [4.78, 5) is 24.9. The molecule has 0 spiro atoms. The van der Waals surface area contributed by atoms with E-state index < -0.39 is 17.3 Å². The fourth-order valence-corrected chi connectivity index (χ4v) is 3.11. The van der Waals surface area contributed by atoms with Gasteiger partial charge in [-0.1, -0.05) is 0 Å². The zero-order valence-electron chi connectivity index (χ0n) is 11.3. The first-order valence-corrected chi connectivity index (χ1v) is 7.35. The lowest BCUT2D eigenvalue weighted by Gasteiger charge is -2.38. The number of amides is 2. The van der Waals surface area contributed by atoms with Crippen molar-refractivity contribution in [2.45, 2.75) is 24.9 Å². The van der Waals surface area contributed by atoms with Gasteiger partial charge in [-0.25, -0.2) is 4.39 Å². The first-order chi connectivity index (χ1) is 9.81. The second-order valence-corrected chi connectivity index (χ2v) is 6.18. The first kappa shape index (κ1) is 15.9. The van der Waals surface area contributed by atoms with Gasteiger partial charge in [-0.15, -0.1) is 0 Å². The molecule has 7 heteroatoms. The van der Waals surface area contributed by atoms with E-state index in [4.69, 9.17) is 5.73 Å². The number of halogens is 2. The van der Waals surface area contributed by atoms with Crippen molar-refractivity contribution in [1.29, 1.82) is 0 Å². The molecule has 1 saturated heterocycles. The number of benzene rings is 1. The molecule has 2 rings (SSSR count). The molecule has 3 N–H and O–H groups in total. The number of carbonyl (C=O) groups excluding carboxylic acids is 2. The fraction of sp³-hybridized carbons (Fsp3) is 0.429. The lowest BCUT2D eigenvalue weighted by atomic mass is 9.89. The van der Waals surface area contributed by atoms with Gasteiger partial charge < -0.3 is 15.7 Å². The van der Waals surface area contributed by atoms with Gasteiger partial charge in [0.1, 0.15) is 5.82 Å². The fourth-order valence-electron chi connectivity index (χ4n) is 2.59. The standard InChI is InChI=1S/C14H16BrFN2O3/c15-11-6-9(16)2-3-10(11)13(20)18-5-1-4-14(21,8-18)7-12(17)19/h2-3,6,21H,1,4-5,7-8H2,(H2,17,19). The molecule has 1 aromatic rings. The highest BCUT2D eigenvalue weighted by Crippen LogP contribution is 2.27. The lowest BCUT2D eigenvalue weighted by Crippen LogP contribution is -2.51. The molecule has 1 fully saturated rings. The van der Waals surface area contributed by atoms with Gasteiger partial charge in [0.15, 0.2) is 0 Å². The molecule has 1 aromatic carbocycles. The molecule has 1 heterocycles. The molecular weight excluding hydrogens is 343 g/mol. The van der Waals surface area contributed by atoms with E-state index in [1.54, 1.807) is 0 Å². The molecule has 0 aliphatic carbocycles. The summed E-state index contributed by atoms with van der Waals surface area (Å²) in [6.45, 7) is 0.516. The van der Waals surface area contributed by atoms with Gasteiger partial charge in [0.2, 0.25) is 5.91 Å². The van der Waals surface area contributed by atoms with Crippen LogP contribution in [0.2, 0.25) is 0 Å². The summed E-state index contributed by atoms with van der Waals surface area (Å²) in [5, 5.41) is 10.4. The average molecular weight is 359 g/mol. The Balaban J connectivity index is 2.17. The minimum absolute atomic E-state index is 0.0403. The third kappa shape index (κ3) is 3.79. The Morgan fingerprint density at radius 2 is 2.19 bits per heavy atom. The van der Waals surface area contributed by atoms with E-state index in [0.29, 0.717) is 29.4 Å². The maximum atomic E-state index is 13.1. The van der Waals surface area contributed by atoms with Crippen molar-refractivity contribution < 1.29 is 19.1 Å². The van der Waals surface area contributed by atoms with E-state index in [1.165, 1.54) is 23.1 Å². The highest BCUT2D eigenvalue weighted by molar-refractivity contribution is 9.10. The topological polar surface area (TPSA) is 83.6 Å². The van der Waals surface area contributed by atoms with Crippen LogP contribution in [0.3, 0.4) is 0 Å². The van der Waals surface area contributed by atoms with E-state index in [2.05, 4.69) is 15.9 Å². The molecule has 0 aromatic heterocycles. The van der Waals surface area contributed by atoms with Crippen LogP contribution >= 0.6 is 15.9 Å². The number of aliphatic hydroxyl groups is 1. The van der Waals surface area contributed by atoms with Crippen LogP contribution in [0, 0.1) is 5.82 Å². The smallest absolute Gasteiger partial charge is 0.255 e. The molecule has 1 unspecified atom stereocenters. The molecule has 0 bridgehead atoms. The third-order valence-electron chi connectivity index (χ3n) is 3.51. The Labute approximate surface area is 130 Å². The highest BCUT2D eigenvalue weighted by Gasteiger charge is 2.37. The van der Waals surface area contributed by atoms with E-state index >= 15 is 0 Å². The van der Waals surface area contributed by atoms with Crippen LogP contribution in [-0.4, -0.2) is 40.5 Å². The number of carbonyl (C=O) groups is 2. The van der Waals surface area contributed by atoms with E-state index in [0.717, 1.165) is 0 Å². The lowest BCUT2D eigenvalue weighted by molar-refractivity contribution is -0.125. The van der Waals surface area contributed by atoms with Gasteiger partial charge in [-0.05, 0) is 47.0 Å². The summed E-state index contributed by atoms with van der Waals surface area (Å²) in [7, 11) is 0. The van der Waals surface area contributed by atoms with Crippen molar-refractivity contribution in [3.8, 4) is 0 Å². The molecule has 2 amide bonds. The first-order valence-electron chi connectivity index (χ1n) is 6.56. The summed E-state index contributed by atoms with van der Waals surface area (Å²) in [5.41, 5.74) is 4.16. The molecule has 1 atom stereocenters. The summed E-state index contributed by atoms with van der Waals surface area (Å²) < 4.78 is 13.4. The Kier molecular flexibility index (Phi) is 4.63. The van der Waals surface area contributed by atoms with Crippen LogP contribution in [0.1, 0.15) is 29.6 Å². The number of nitrogens with two attached hydrogens (primary N) is 1. The summed E-state index contributed by atoms with van der Waals surface area (Å²) in [5.74, 6) is -1.36. The van der Waals surface area contributed by atoms with Gasteiger partial charge in [0.05, 0.1) is 24.1 Å². The average Bonchev–Trinajstić information content (AvgIpc) is 2.36. The Bertz CT molecular complexity index is 581. The second kappa shape index (κ2) is 6.11. The summed E-state index contributed by atoms with van der Waals surface area (Å²) in [6, 6.07) is 3.81. The van der Waals surface area contributed by atoms with E-state index in [9.17, 15) is 19.1 Å². The number of hydrogen-bond acceptors (Lipinski definition) is 3. The molecule has 0 saturated carbocycles. The molecule has 114 valence electrons. The molecule has 5 nitrogen and oxygen atoms in total. The van der Waals surface area contributed by atoms with Crippen molar-refractivity contribution in [1.82, 2.24) is 4.90 Å². The molecule has 1 aliphatic heterocycles.